The molecule has 102 valence electrons. The van der Waals surface area contributed by atoms with E-state index < -0.39 is 6.10 Å². The van der Waals surface area contributed by atoms with Gasteiger partial charge in [0.15, 0.2) is 0 Å². The lowest BCUT2D eigenvalue weighted by atomic mass is 10.0. The summed E-state index contributed by atoms with van der Waals surface area (Å²) in [7, 11) is 0. The Balaban J connectivity index is 1.74. The average molecular weight is 272 g/mol. The van der Waals surface area contributed by atoms with Crippen LogP contribution < -0.4 is 0 Å². The molecule has 0 bridgehead atoms. The van der Waals surface area contributed by atoms with Gasteiger partial charge in [-0.05, 0) is 28.5 Å². The van der Waals surface area contributed by atoms with Crippen LogP contribution in [0, 0.1) is 11.8 Å². The van der Waals surface area contributed by atoms with Crippen molar-refractivity contribution in [3.05, 3.63) is 83.9 Å². The largest absolute Gasteiger partial charge is 0.380 e. The van der Waals surface area contributed by atoms with Gasteiger partial charge < -0.3 is 5.11 Å². The summed E-state index contributed by atoms with van der Waals surface area (Å²) in [4.78, 5) is 0. The molecule has 1 atom stereocenters. The molecule has 1 heteroatoms. The van der Waals surface area contributed by atoms with E-state index in [1.165, 1.54) is 10.8 Å². The van der Waals surface area contributed by atoms with Crippen LogP contribution >= 0.6 is 0 Å². The highest BCUT2D eigenvalue weighted by atomic mass is 16.3. The first-order valence-electron chi connectivity index (χ1n) is 7.03. The molecule has 3 aromatic rings. The fourth-order valence-electron chi connectivity index (χ4n) is 2.33. The van der Waals surface area contributed by atoms with E-state index in [0.29, 0.717) is 6.42 Å². The summed E-state index contributed by atoms with van der Waals surface area (Å²) in [6.07, 6.45) is -0.101. The molecular weight excluding hydrogens is 256 g/mol. The molecule has 0 radical (unpaired) electrons. The highest BCUT2D eigenvalue weighted by molar-refractivity contribution is 5.83. The second-order valence-electron chi connectivity index (χ2n) is 5.04. The Morgan fingerprint density at radius 3 is 2.33 bits per heavy atom. The molecule has 3 rings (SSSR count). The third kappa shape index (κ3) is 3.51. The van der Waals surface area contributed by atoms with Crippen LogP contribution in [-0.4, -0.2) is 11.2 Å². The number of fused-ring (bicyclic) bond motifs is 1. The molecule has 1 nitrogen and oxygen atoms in total. The van der Waals surface area contributed by atoms with Gasteiger partial charge in [-0.25, -0.2) is 0 Å². The van der Waals surface area contributed by atoms with E-state index in [1.807, 2.05) is 42.5 Å². The summed E-state index contributed by atoms with van der Waals surface area (Å²) in [5.74, 6) is 5.90. The molecule has 21 heavy (non-hydrogen) atoms. The van der Waals surface area contributed by atoms with Crippen LogP contribution in [0.4, 0.5) is 0 Å². The summed E-state index contributed by atoms with van der Waals surface area (Å²) in [5.41, 5.74) is 2.03. The third-order valence-corrected chi connectivity index (χ3v) is 3.40. The molecule has 0 amide bonds. The van der Waals surface area contributed by atoms with Gasteiger partial charge in [-0.2, -0.15) is 0 Å². The van der Waals surface area contributed by atoms with Crippen molar-refractivity contribution in [2.24, 2.45) is 0 Å². The molecule has 0 aliphatic carbocycles. The predicted octanol–water partition coefficient (Wildman–Crippen LogP) is 3.79. The monoisotopic (exact) mass is 272 g/mol. The summed E-state index contributed by atoms with van der Waals surface area (Å²) in [6.45, 7) is 0. The highest BCUT2D eigenvalue weighted by Gasteiger charge is 2.02. The Hall–Kier alpha value is -2.56. The lowest BCUT2D eigenvalue weighted by Crippen LogP contribution is -2.07. The molecule has 0 saturated heterocycles. The van der Waals surface area contributed by atoms with Crippen LogP contribution in [0.1, 0.15) is 11.1 Å². The molecular formula is C20H16O. The van der Waals surface area contributed by atoms with Crippen molar-refractivity contribution in [1.82, 2.24) is 0 Å². The van der Waals surface area contributed by atoms with Crippen LogP contribution in [0.3, 0.4) is 0 Å². The number of hydrogen-bond acceptors (Lipinski definition) is 1. The number of aliphatic hydroxyl groups excluding tert-OH is 1. The van der Waals surface area contributed by atoms with Gasteiger partial charge in [-0.1, -0.05) is 72.5 Å². The fraction of sp³-hybridized carbons (Fsp3) is 0.100. The predicted molar refractivity (Wildman–Crippen MR) is 87.0 cm³/mol. The molecule has 0 fully saturated rings. The maximum absolute atomic E-state index is 10.1. The second kappa shape index (κ2) is 6.26. The van der Waals surface area contributed by atoms with Crippen molar-refractivity contribution >= 4 is 10.8 Å². The molecule has 0 aromatic heterocycles. The zero-order chi connectivity index (χ0) is 14.5. The number of hydrogen-bond donors (Lipinski definition) is 1. The summed E-state index contributed by atoms with van der Waals surface area (Å²) in [5, 5.41) is 12.5. The molecule has 1 N–H and O–H groups in total. The summed E-state index contributed by atoms with van der Waals surface area (Å²) < 4.78 is 0. The van der Waals surface area contributed by atoms with Crippen molar-refractivity contribution in [3.8, 4) is 11.8 Å². The van der Waals surface area contributed by atoms with Gasteiger partial charge >= 0.3 is 0 Å². The summed E-state index contributed by atoms with van der Waals surface area (Å²) in [6, 6.07) is 24.2. The maximum Gasteiger partial charge on any atom is 0.119 e. The average Bonchev–Trinajstić information content (AvgIpc) is 2.54. The summed E-state index contributed by atoms with van der Waals surface area (Å²) >= 11 is 0. The molecule has 1 unspecified atom stereocenters. The van der Waals surface area contributed by atoms with Crippen molar-refractivity contribution in [2.75, 3.05) is 0 Å². The van der Waals surface area contributed by atoms with Crippen LogP contribution in [0.5, 0.6) is 0 Å². The molecule has 0 heterocycles. The van der Waals surface area contributed by atoms with Crippen molar-refractivity contribution in [1.29, 1.82) is 0 Å². The number of benzene rings is 3. The first-order chi connectivity index (χ1) is 10.3. The Labute approximate surface area is 124 Å². The molecule has 0 saturated carbocycles. The molecule has 0 aliphatic heterocycles. The Kier molecular flexibility index (Phi) is 4.00. The Morgan fingerprint density at radius 1 is 0.810 bits per heavy atom. The van der Waals surface area contributed by atoms with Crippen molar-refractivity contribution < 1.29 is 5.11 Å². The maximum atomic E-state index is 10.1. The van der Waals surface area contributed by atoms with E-state index in [2.05, 4.69) is 42.2 Å². The molecule has 0 spiro atoms. The lowest BCUT2D eigenvalue weighted by Gasteiger charge is -2.05. The lowest BCUT2D eigenvalue weighted by molar-refractivity contribution is 0.233. The quantitative estimate of drug-likeness (QED) is 0.704. The van der Waals surface area contributed by atoms with E-state index >= 15 is 0 Å². The third-order valence-electron chi connectivity index (χ3n) is 3.40. The van der Waals surface area contributed by atoms with Crippen LogP contribution in [0.15, 0.2) is 72.8 Å². The molecule has 0 aliphatic rings. The topological polar surface area (TPSA) is 20.2 Å². The van der Waals surface area contributed by atoms with Crippen molar-refractivity contribution in [3.63, 3.8) is 0 Å². The van der Waals surface area contributed by atoms with E-state index in [1.54, 1.807) is 0 Å². The van der Waals surface area contributed by atoms with Gasteiger partial charge in [-0.3, -0.25) is 0 Å². The van der Waals surface area contributed by atoms with E-state index in [9.17, 15) is 5.11 Å². The SMILES string of the molecule is OC(C#Cc1ccccc1)Cc1ccc2ccccc2c1. The van der Waals surface area contributed by atoms with E-state index in [0.717, 1.165) is 11.1 Å². The first kappa shape index (κ1) is 13.4. The minimum Gasteiger partial charge on any atom is -0.380 e. The van der Waals surface area contributed by atoms with Gasteiger partial charge in [0.05, 0.1) is 0 Å². The van der Waals surface area contributed by atoms with Gasteiger partial charge in [0.2, 0.25) is 0 Å². The Morgan fingerprint density at radius 2 is 1.52 bits per heavy atom. The van der Waals surface area contributed by atoms with E-state index in [-0.39, 0.29) is 0 Å². The smallest absolute Gasteiger partial charge is 0.119 e. The van der Waals surface area contributed by atoms with E-state index in [4.69, 9.17) is 0 Å². The zero-order valence-electron chi connectivity index (χ0n) is 11.7. The normalized spacial score (nSPS) is 11.7. The minimum atomic E-state index is -0.647. The molecule has 3 aromatic carbocycles. The number of rotatable bonds is 2. The van der Waals surface area contributed by atoms with Crippen LogP contribution in [0.25, 0.3) is 10.8 Å². The minimum absolute atomic E-state index is 0.546. The van der Waals surface area contributed by atoms with Gasteiger partial charge in [0.1, 0.15) is 6.10 Å². The highest BCUT2D eigenvalue weighted by Crippen LogP contribution is 2.16. The van der Waals surface area contributed by atoms with Crippen molar-refractivity contribution in [2.45, 2.75) is 12.5 Å². The van der Waals surface area contributed by atoms with Crippen LogP contribution in [0.2, 0.25) is 0 Å². The van der Waals surface area contributed by atoms with Gasteiger partial charge in [0.25, 0.3) is 0 Å². The Bertz CT molecular complexity index is 794. The zero-order valence-corrected chi connectivity index (χ0v) is 11.7. The fourth-order valence-corrected chi connectivity index (χ4v) is 2.33. The van der Waals surface area contributed by atoms with Crippen LogP contribution in [-0.2, 0) is 6.42 Å². The number of aliphatic hydroxyl groups is 1. The second-order valence-corrected chi connectivity index (χ2v) is 5.04. The van der Waals surface area contributed by atoms with Gasteiger partial charge in [-0.15, -0.1) is 0 Å². The first-order valence-corrected chi connectivity index (χ1v) is 7.03. The van der Waals surface area contributed by atoms with Gasteiger partial charge in [0, 0.05) is 12.0 Å². The standard InChI is InChI=1S/C20H16O/c21-20(13-11-16-6-2-1-3-7-16)15-17-10-12-18-8-4-5-9-19(18)14-17/h1-10,12,14,20-21H,15H2.